The lowest BCUT2D eigenvalue weighted by Crippen LogP contribution is -2.41. The molecule has 0 heterocycles. The van der Waals surface area contributed by atoms with Crippen molar-refractivity contribution >= 4 is 11.9 Å². The van der Waals surface area contributed by atoms with E-state index in [1.807, 2.05) is 0 Å². The van der Waals surface area contributed by atoms with Crippen molar-refractivity contribution in [2.75, 3.05) is 33.8 Å². The molecule has 0 bridgehead atoms. The number of hydrogen-bond acceptors (Lipinski definition) is 4. The van der Waals surface area contributed by atoms with Gasteiger partial charge < -0.3 is 14.5 Å². The molecule has 0 radical (unpaired) electrons. The summed E-state index contributed by atoms with van der Waals surface area (Å²) in [5.41, 5.74) is 0. The van der Waals surface area contributed by atoms with E-state index in [-0.39, 0.29) is 13.0 Å². The van der Waals surface area contributed by atoms with E-state index in [4.69, 9.17) is 4.74 Å². The summed E-state index contributed by atoms with van der Waals surface area (Å²) in [4.78, 5) is 29.5. The summed E-state index contributed by atoms with van der Waals surface area (Å²) in [7, 11) is 4.15. The first-order valence-electron chi connectivity index (χ1n) is 18.1. The maximum Gasteiger partial charge on any atom is 0.340 e. The molecule has 42 heavy (non-hydrogen) atoms. The van der Waals surface area contributed by atoms with Crippen LogP contribution in [-0.2, 0) is 14.3 Å². The summed E-state index contributed by atoms with van der Waals surface area (Å²) >= 11 is 0. The van der Waals surface area contributed by atoms with Gasteiger partial charge >= 0.3 is 5.97 Å². The highest BCUT2D eigenvalue weighted by atomic mass is 19.1. The number of rotatable bonds is 31. The Labute approximate surface area is 261 Å². The van der Waals surface area contributed by atoms with E-state index >= 15 is 0 Å². The summed E-state index contributed by atoms with van der Waals surface area (Å²) in [6, 6.07) is 0.311. The number of alkyl halides is 1. The van der Waals surface area contributed by atoms with Crippen LogP contribution in [0.4, 0.5) is 4.39 Å². The van der Waals surface area contributed by atoms with E-state index < -0.39 is 12.1 Å². The number of ether oxygens (including phenoxy) is 1. The van der Waals surface area contributed by atoms with E-state index in [1.54, 1.807) is 6.92 Å². The molecule has 0 aliphatic rings. The van der Waals surface area contributed by atoms with Gasteiger partial charge in [-0.05, 0) is 66.1 Å². The lowest BCUT2D eigenvalue weighted by molar-refractivity contribution is -0.149. The normalized spacial score (nSPS) is 12.9. The second-order valence-electron chi connectivity index (χ2n) is 12.7. The van der Waals surface area contributed by atoms with Crippen LogP contribution in [-0.4, -0.2) is 67.7 Å². The predicted octanol–water partition coefficient (Wildman–Crippen LogP) is 10.0. The van der Waals surface area contributed by atoms with Gasteiger partial charge in [0.2, 0.25) is 5.91 Å². The van der Waals surface area contributed by atoms with Crippen LogP contribution in [0.1, 0.15) is 175 Å². The Balaban J connectivity index is 5.00. The number of carbonyl (C=O) groups is 2. The van der Waals surface area contributed by atoms with E-state index in [2.05, 4.69) is 37.7 Å². The third-order valence-corrected chi connectivity index (χ3v) is 8.44. The van der Waals surface area contributed by atoms with E-state index in [0.29, 0.717) is 24.8 Å². The number of halogens is 1. The minimum Gasteiger partial charge on any atom is -0.464 e. The van der Waals surface area contributed by atoms with Gasteiger partial charge in [0.05, 0.1) is 6.61 Å². The van der Waals surface area contributed by atoms with Crippen molar-refractivity contribution < 1.29 is 18.7 Å². The smallest absolute Gasteiger partial charge is 0.340 e. The summed E-state index contributed by atoms with van der Waals surface area (Å²) in [5, 5.41) is 0. The van der Waals surface area contributed by atoms with Gasteiger partial charge in [-0.2, -0.15) is 0 Å². The van der Waals surface area contributed by atoms with Crippen LogP contribution < -0.4 is 0 Å². The predicted molar refractivity (Wildman–Crippen MR) is 178 cm³/mol. The highest BCUT2D eigenvalue weighted by Gasteiger charge is 2.23. The second kappa shape index (κ2) is 29.9. The molecule has 5 nitrogen and oxygen atoms in total. The van der Waals surface area contributed by atoms with Gasteiger partial charge in [0.1, 0.15) is 0 Å². The fourth-order valence-corrected chi connectivity index (χ4v) is 5.82. The average molecular weight is 599 g/mol. The Kier molecular flexibility index (Phi) is 29.0. The maximum absolute atomic E-state index is 14.0. The van der Waals surface area contributed by atoms with E-state index in [1.165, 1.54) is 89.9 Å². The van der Waals surface area contributed by atoms with Gasteiger partial charge in [-0.1, -0.05) is 123 Å². The lowest BCUT2D eigenvalue weighted by atomic mass is 9.97. The second-order valence-corrected chi connectivity index (χ2v) is 12.7. The van der Waals surface area contributed by atoms with Gasteiger partial charge in [-0.15, -0.1) is 0 Å². The number of esters is 1. The Bertz CT molecular complexity index is 616. The molecule has 0 aliphatic carbocycles. The van der Waals surface area contributed by atoms with E-state index in [9.17, 15) is 14.0 Å². The fraction of sp³-hybridized carbons (Fsp3) is 0.944. The molecule has 0 fully saturated rings. The molecule has 2 unspecified atom stereocenters. The number of unbranched alkanes of at least 4 members (excludes halogenated alkanes) is 16. The number of hydrogen-bond donors (Lipinski definition) is 0. The summed E-state index contributed by atoms with van der Waals surface area (Å²) in [5.74, 6) is -0.390. The van der Waals surface area contributed by atoms with Gasteiger partial charge in [-0.3, -0.25) is 4.79 Å². The van der Waals surface area contributed by atoms with Crippen molar-refractivity contribution in [3.8, 4) is 0 Å². The first-order chi connectivity index (χ1) is 20.4. The Morgan fingerprint density at radius 1 is 0.595 bits per heavy atom. The molecule has 0 rings (SSSR count). The van der Waals surface area contributed by atoms with Crippen LogP contribution in [0, 0.1) is 0 Å². The quantitative estimate of drug-likeness (QED) is 0.0588. The van der Waals surface area contributed by atoms with Crippen molar-refractivity contribution in [2.45, 2.75) is 187 Å². The largest absolute Gasteiger partial charge is 0.464 e. The van der Waals surface area contributed by atoms with Gasteiger partial charge in [0.25, 0.3) is 0 Å². The molecule has 0 saturated carbocycles. The molecule has 2 atom stereocenters. The van der Waals surface area contributed by atoms with Crippen LogP contribution in [0.2, 0.25) is 0 Å². The zero-order chi connectivity index (χ0) is 31.3. The molecule has 0 aliphatic heterocycles. The van der Waals surface area contributed by atoms with Crippen LogP contribution >= 0.6 is 0 Å². The van der Waals surface area contributed by atoms with E-state index in [0.717, 1.165) is 58.0 Å². The third kappa shape index (κ3) is 24.3. The zero-order valence-corrected chi connectivity index (χ0v) is 28.7. The molecule has 1 amide bonds. The highest BCUT2D eigenvalue weighted by molar-refractivity contribution is 5.76. The molecule has 6 heteroatoms. The van der Waals surface area contributed by atoms with Crippen LogP contribution in [0.5, 0.6) is 0 Å². The van der Waals surface area contributed by atoms with Gasteiger partial charge in [0, 0.05) is 19.0 Å². The van der Waals surface area contributed by atoms with Crippen molar-refractivity contribution in [1.82, 2.24) is 9.80 Å². The molecule has 250 valence electrons. The average Bonchev–Trinajstić information content (AvgIpc) is 2.96. The standard InChI is InChI=1S/C36H71FN2O3/c1-6-9-11-13-15-17-21-25-32-39(35(40)30-26-31-38(4)5)33(27-22-18-16-14-12-10-7-2)28-23-19-20-24-29-34(37)36(41)42-8-3/h33-34H,6-32H2,1-5H3. The molecular formula is C36H71FN2O3. The van der Waals surface area contributed by atoms with Crippen molar-refractivity contribution in [2.24, 2.45) is 0 Å². The van der Waals surface area contributed by atoms with Gasteiger partial charge in [-0.25, -0.2) is 9.18 Å². The lowest BCUT2D eigenvalue weighted by Gasteiger charge is -2.33. The van der Waals surface area contributed by atoms with Crippen molar-refractivity contribution in [1.29, 1.82) is 0 Å². The topological polar surface area (TPSA) is 49.9 Å². The Hall–Kier alpha value is -1.17. The molecule has 0 saturated heterocycles. The monoisotopic (exact) mass is 599 g/mol. The summed E-state index contributed by atoms with van der Waals surface area (Å²) in [6.07, 6.45) is 25.3. The Morgan fingerprint density at radius 2 is 1.05 bits per heavy atom. The van der Waals surface area contributed by atoms with Gasteiger partial charge in [0.15, 0.2) is 6.17 Å². The first kappa shape index (κ1) is 40.8. The van der Waals surface area contributed by atoms with Crippen LogP contribution in [0.3, 0.4) is 0 Å². The fourth-order valence-electron chi connectivity index (χ4n) is 5.82. The SMILES string of the molecule is CCCCCCCCCCN(C(=O)CCCN(C)C)C(CCCCCCCCC)CCCCCCC(F)C(=O)OCC. The number of nitrogens with zero attached hydrogens (tertiary/aromatic N) is 2. The number of amides is 1. The zero-order valence-electron chi connectivity index (χ0n) is 28.7. The summed E-state index contributed by atoms with van der Waals surface area (Å²) < 4.78 is 18.8. The molecule has 0 aromatic heterocycles. The van der Waals surface area contributed by atoms with Crippen LogP contribution in [0.25, 0.3) is 0 Å². The summed E-state index contributed by atoms with van der Waals surface area (Å²) in [6.45, 7) is 8.29. The minimum atomic E-state index is -1.50. The van der Waals surface area contributed by atoms with Crippen molar-refractivity contribution in [3.63, 3.8) is 0 Å². The molecule has 0 aromatic rings. The maximum atomic E-state index is 14.0. The third-order valence-electron chi connectivity index (χ3n) is 8.44. The highest BCUT2D eigenvalue weighted by Crippen LogP contribution is 2.22. The van der Waals surface area contributed by atoms with Crippen molar-refractivity contribution in [3.05, 3.63) is 0 Å². The Morgan fingerprint density at radius 3 is 1.52 bits per heavy atom. The first-order valence-corrected chi connectivity index (χ1v) is 18.1. The minimum absolute atomic E-state index is 0.225. The molecule has 0 spiro atoms. The molecular weight excluding hydrogens is 527 g/mol. The van der Waals surface area contributed by atoms with Crippen LogP contribution in [0.15, 0.2) is 0 Å². The molecule has 0 aromatic carbocycles. The molecule has 0 N–H and O–H groups in total. The number of carbonyl (C=O) groups excluding carboxylic acids is 2.